The summed E-state index contributed by atoms with van der Waals surface area (Å²) >= 11 is 0. The number of nitrogens with one attached hydrogen (secondary N) is 2. The van der Waals surface area contributed by atoms with Crippen molar-refractivity contribution in [3.63, 3.8) is 0 Å². The van der Waals surface area contributed by atoms with Crippen LogP contribution in [0.2, 0.25) is 0 Å². The Morgan fingerprint density at radius 3 is 2.67 bits per heavy atom. The molecular formula is C17H24N2O2. The summed E-state index contributed by atoms with van der Waals surface area (Å²) in [5.41, 5.74) is 1.18. The average Bonchev–Trinajstić information content (AvgIpc) is 2.53. The Bertz CT molecular complexity index is 526. The molecule has 0 saturated carbocycles. The number of rotatable bonds is 10. The van der Waals surface area contributed by atoms with Crippen LogP contribution in [0.4, 0.5) is 5.69 Å². The van der Waals surface area contributed by atoms with Crippen LogP contribution in [-0.2, 0) is 4.74 Å². The Balaban J connectivity index is 1.64. The van der Waals surface area contributed by atoms with Crippen molar-refractivity contribution in [3.05, 3.63) is 42.5 Å². The van der Waals surface area contributed by atoms with Crippen molar-refractivity contribution in [2.45, 2.75) is 6.42 Å². The van der Waals surface area contributed by atoms with E-state index in [1.807, 2.05) is 0 Å². The largest absolute Gasteiger partial charge is 0.394 e. The van der Waals surface area contributed by atoms with Gasteiger partial charge >= 0.3 is 0 Å². The van der Waals surface area contributed by atoms with Crippen LogP contribution in [0.25, 0.3) is 10.8 Å². The van der Waals surface area contributed by atoms with Gasteiger partial charge in [0.15, 0.2) is 0 Å². The minimum absolute atomic E-state index is 0.0996. The van der Waals surface area contributed by atoms with E-state index >= 15 is 0 Å². The third kappa shape index (κ3) is 5.34. The van der Waals surface area contributed by atoms with Crippen LogP contribution in [0.3, 0.4) is 0 Å². The van der Waals surface area contributed by atoms with Gasteiger partial charge in [-0.25, -0.2) is 0 Å². The Morgan fingerprint density at radius 1 is 0.905 bits per heavy atom. The summed E-state index contributed by atoms with van der Waals surface area (Å²) in [4.78, 5) is 0. The molecular weight excluding hydrogens is 264 g/mol. The fourth-order valence-corrected chi connectivity index (χ4v) is 2.26. The van der Waals surface area contributed by atoms with E-state index in [-0.39, 0.29) is 6.61 Å². The molecule has 2 rings (SSSR count). The molecule has 0 amide bonds. The van der Waals surface area contributed by atoms with Gasteiger partial charge in [-0.15, -0.1) is 0 Å². The second-order valence-corrected chi connectivity index (χ2v) is 4.89. The van der Waals surface area contributed by atoms with Crippen molar-refractivity contribution in [3.8, 4) is 0 Å². The number of benzene rings is 2. The monoisotopic (exact) mass is 288 g/mol. The first-order chi connectivity index (χ1) is 10.4. The number of anilines is 1. The van der Waals surface area contributed by atoms with Crippen LogP contribution in [0.15, 0.2) is 42.5 Å². The lowest BCUT2D eigenvalue weighted by Crippen LogP contribution is -2.24. The minimum Gasteiger partial charge on any atom is -0.394 e. The van der Waals surface area contributed by atoms with Gasteiger partial charge in [0.25, 0.3) is 0 Å². The fraction of sp³-hybridized carbons (Fsp3) is 0.412. The van der Waals surface area contributed by atoms with Crippen LogP contribution in [0.5, 0.6) is 0 Å². The molecule has 0 saturated heterocycles. The number of hydrogen-bond donors (Lipinski definition) is 3. The highest BCUT2D eigenvalue weighted by Crippen LogP contribution is 2.22. The maximum atomic E-state index is 8.57. The van der Waals surface area contributed by atoms with Gasteiger partial charge in [-0.05, 0) is 24.4 Å². The van der Waals surface area contributed by atoms with Crippen LogP contribution in [-0.4, -0.2) is 44.6 Å². The van der Waals surface area contributed by atoms with Crippen molar-refractivity contribution in [1.29, 1.82) is 0 Å². The number of aliphatic hydroxyl groups is 1. The molecule has 0 aliphatic heterocycles. The zero-order valence-corrected chi connectivity index (χ0v) is 12.3. The smallest absolute Gasteiger partial charge is 0.0697 e. The fourth-order valence-electron chi connectivity index (χ4n) is 2.26. The quantitative estimate of drug-likeness (QED) is 0.587. The van der Waals surface area contributed by atoms with Gasteiger partial charge in [0, 0.05) is 30.8 Å². The van der Waals surface area contributed by atoms with E-state index in [4.69, 9.17) is 9.84 Å². The molecule has 2 aromatic rings. The molecule has 0 radical (unpaired) electrons. The first kappa shape index (κ1) is 15.8. The molecule has 0 fully saturated rings. The van der Waals surface area contributed by atoms with Crippen molar-refractivity contribution >= 4 is 16.5 Å². The molecule has 0 spiro atoms. The second-order valence-electron chi connectivity index (χ2n) is 4.89. The van der Waals surface area contributed by atoms with E-state index in [0.717, 1.165) is 26.1 Å². The molecule has 0 aromatic heterocycles. The van der Waals surface area contributed by atoms with Crippen LogP contribution < -0.4 is 10.6 Å². The summed E-state index contributed by atoms with van der Waals surface area (Å²) in [6.45, 7) is 3.98. The molecule has 4 heteroatoms. The summed E-state index contributed by atoms with van der Waals surface area (Å²) < 4.78 is 5.20. The molecule has 0 aliphatic carbocycles. The van der Waals surface area contributed by atoms with Crippen molar-refractivity contribution in [2.24, 2.45) is 0 Å². The zero-order valence-electron chi connectivity index (χ0n) is 12.3. The lowest BCUT2D eigenvalue weighted by molar-refractivity contribution is 0.0908. The van der Waals surface area contributed by atoms with Crippen molar-refractivity contribution in [2.75, 3.05) is 44.8 Å². The first-order valence-corrected chi connectivity index (χ1v) is 7.53. The molecule has 0 aliphatic rings. The van der Waals surface area contributed by atoms with E-state index in [1.54, 1.807) is 0 Å². The highest BCUT2D eigenvalue weighted by molar-refractivity contribution is 5.93. The first-order valence-electron chi connectivity index (χ1n) is 7.53. The maximum absolute atomic E-state index is 8.57. The van der Waals surface area contributed by atoms with Crippen LogP contribution in [0, 0.1) is 0 Å². The highest BCUT2D eigenvalue weighted by atomic mass is 16.5. The van der Waals surface area contributed by atoms with E-state index in [9.17, 15) is 0 Å². The minimum atomic E-state index is 0.0996. The SMILES string of the molecule is OCCOCCCNCCNc1cccc2ccccc12. The lowest BCUT2D eigenvalue weighted by Gasteiger charge is -2.10. The maximum Gasteiger partial charge on any atom is 0.0697 e. The molecule has 114 valence electrons. The summed E-state index contributed by atoms with van der Waals surface area (Å²) in [5.74, 6) is 0. The molecule has 4 nitrogen and oxygen atoms in total. The third-order valence-electron chi connectivity index (χ3n) is 3.28. The van der Waals surface area contributed by atoms with Gasteiger partial charge in [-0.3, -0.25) is 0 Å². The number of aliphatic hydroxyl groups excluding tert-OH is 1. The molecule has 2 aromatic carbocycles. The zero-order chi connectivity index (χ0) is 14.8. The number of fused-ring (bicyclic) bond motifs is 1. The molecule has 21 heavy (non-hydrogen) atoms. The van der Waals surface area contributed by atoms with E-state index in [1.165, 1.54) is 16.5 Å². The van der Waals surface area contributed by atoms with E-state index < -0.39 is 0 Å². The average molecular weight is 288 g/mol. The second kappa shape index (κ2) is 9.34. The molecule has 0 atom stereocenters. The highest BCUT2D eigenvalue weighted by Gasteiger charge is 1.98. The van der Waals surface area contributed by atoms with Crippen molar-refractivity contribution in [1.82, 2.24) is 5.32 Å². The molecule has 0 unspecified atom stereocenters. The Hall–Kier alpha value is -1.62. The number of ether oxygens (including phenoxy) is 1. The predicted molar refractivity (Wildman–Crippen MR) is 87.8 cm³/mol. The van der Waals surface area contributed by atoms with Gasteiger partial charge in [0.1, 0.15) is 0 Å². The predicted octanol–water partition coefficient (Wildman–Crippen LogP) is 2.24. The topological polar surface area (TPSA) is 53.5 Å². The molecule has 0 heterocycles. The van der Waals surface area contributed by atoms with E-state index in [0.29, 0.717) is 13.2 Å². The normalized spacial score (nSPS) is 10.9. The van der Waals surface area contributed by atoms with Crippen LogP contribution >= 0.6 is 0 Å². The standard InChI is InChI=1S/C17H24N2O2/c20-12-14-21-13-4-9-18-10-11-19-17-8-3-6-15-5-1-2-7-16(15)17/h1-3,5-8,18-20H,4,9-14H2. The Morgan fingerprint density at radius 2 is 1.76 bits per heavy atom. The lowest BCUT2D eigenvalue weighted by atomic mass is 10.1. The van der Waals surface area contributed by atoms with E-state index in [2.05, 4.69) is 53.1 Å². The summed E-state index contributed by atoms with van der Waals surface area (Å²) in [5, 5.41) is 17.9. The van der Waals surface area contributed by atoms with Gasteiger partial charge in [0.2, 0.25) is 0 Å². The molecule has 0 bridgehead atoms. The molecule has 3 N–H and O–H groups in total. The summed E-state index contributed by atoms with van der Waals surface area (Å²) in [6.07, 6.45) is 0.967. The van der Waals surface area contributed by atoms with Crippen molar-refractivity contribution < 1.29 is 9.84 Å². The Kier molecular flexibility index (Phi) is 7.01. The van der Waals surface area contributed by atoms with Gasteiger partial charge in [-0.1, -0.05) is 36.4 Å². The summed E-state index contributed by atoms with van der Waals surface area (Å²) in [7, 11) is 0. The third-order valence-corrected chi connectivity index (χ3v) is 3.28. The van der Waals surface area contributed by atoms with Gasteiger partial charge < -0.3 is 20.5 Å². The van der Waals surface area contributed by atoms with Gasteiger partial charge in [0.05, 0.1) is 13.2 Å². The van der Waals surface area contributed by atoms with Crippen LogP contribution in [0.1, 0.15) is 6.42 Å². The Labute approximate surface area is 126 Å². The summed E-state index contributed by atoms with van der Waals surface area (Å²) in [6, 6.07) is 14.7. The van der Waals surface area contributed by atoms with Gasteiger partial charge in [-0.2, -0.15) is 0 Å². The number of hydrogen-bond acceptors (Lipinski definition) is 4.